The molecule has 1 atom stereocenters. The van der Waals surface area contributed by atoms with Crippen molar-refractivity contribution in [1.29, 1.82) is 0 Å². The Bertz CT molecular complexity index is 717. The lowest BCUT2D eigenvalue weighted by molar-refractivity contribution is 0.0934. The zero-order valence-corrected chi connectivity index (χ0v) is 15.5. The SMILES string of the molecule is CCN1CCCC1CNC(=O)c1[nH]c2ccc(Cl)cc2c1OC.Cl. The maximum Gasteiger partial charge on any atom is 0.271 e. The molecule has 7 heteroatoms. The molecule has 1 unspecified atom stereocenters. The molecule has 1 fully saturated rings. The van der Waals surface area contributed by atoms with E-state index in [1.165, 1.54) is 6.42 Å². The number of likely N-dealkylation sites (N-methyl/N-ethyl adjacent to an activating group) is 1. The van der Waals surface area contributed by atoms with Crippen molar-refractivity contribution in [2.24, 2.45) is 0 Å². The molecule has 132 valence electrons. The molecule has 0 spiro atoms. The van der Waals surface area contributed by atoms with Crippen LogP contribution >= 0.6 is 24.0 Å². The van der Waals surface area contributed by atoms with Gasteiger partial charge in [-0.3, -0.25) is 9.69 Å². The standard InChI is InChI=1S/C17H22ClN3O2.ClH/c1-3-21-8-4-5-12(21)10-19-17(22)15-16(23-2)13-9-11(18)6-7-14(13)20-15;/h6-7,9,12,20H,3-5,8,10H2,1-2H3,(H,19,22);1H. The molecule has 1 aromatic heterocycles. The highest BCUT2D eigenvalue weighted by Gasteiger charge is 2.25. The molecule has 1 aliphatic heterocycles. The Labute approximate surface area is 153 Å². The number of methoxy groups -OCH3 is 1. The molecule has 0 bridgehead atoms. The second-order valence-corrected chi connectivity index (χ2v) is 6.29. The Morgan fingerprint density at radius 3 is 3.00 bits per heavy atom. The van der Waals surface area contributed by atoms with E-state index in [-0.39, 0.29) is 18.3 Å². The molecular formula is C17H23Cl2N3O2. The smallest absolute Gasteiger partial charge is 0.271 e. The van der Waals surface area contributed by atoms with Gasteiger partial charge in [-0.1, -0.05) is 18.5 Å². The number of benzene rings is 1. The van der Waals surface area contributed by atoms with Gasteiger partial charge in [0.25, 0.3) is 5.91 Å². The zero-order chi connectivity index (χ0) is 16.4. The number of hydrogen-bond acceptors (Lipinski definition) is 3. The number of nitrogens with one attached hydrogen (secondary N) is 2. The van der Waals surface area contributed by atoms with E-state index in [1.54, 1.807) is 19.2 Å². The molecular weight excluding hydrogens is 349 g/mol. The number of ether oxygens (including phenoxy) is 1. The fourth-order valence-corrected chi connectivity index (χ4v) is 3.52. The number of carbonyl (C=O) groups is 1. The van der Waals surface area contributed by atoms with Crippen LogP contribution < -0.4 is 10.1 Å². The van der Waals surface area contributed by atoms with Crippen molar-refractivity contribution in [3.8, 4) is 5.75 Å². The van der Waals surface area contributed by atoms with Crippen molar-refractivity contribution in [2.75, 3.05) is 26.7 Å². The van der Waals surface area contributed by atoms with Crippen LogP contribution in [0, 0.1) is 0 Å². The Morgan fingerprint density at radius 2 is 2.29 bits per heavy atom. The van der Waals surface area contributed by atoms with Crippen molar-refractivity contribution in [3.05, 3.63) is 28.9 Å². The summed E-state index contributed by atoms with van der Waals surface area (Å²) in [5.41, 5.74) is 1.29. The Hall–Kier alpha value is -1.43. The Kier molecular flexibility index (Phi) is 6.38. The van der Waals surface area contributed by atoms with Crippen molar-refractivity contribution in [3.63, 3.8) is 0 Å². The first-order valence-electron chi connectivity index (χ1n) is 8.01. The highest BCUT2D eigenvalue weighted by Crippen LogP contribution is 2.32. The summed E-state index contributed by atoms with van der Waals surface area (Å²) in [4.78, 5) is 18.1. The van der Waals surface area contributed by atoms with Crippen LogP contribution in [-0.2, 0) is 0 Å². The van der Waals surface area contributed by atoms with Crippen molar-refractivity contribution in [1.82, 2.24) is 15.2 Å². The number of aromatic nitrogens is 1. The maximum absolute atomic E-state index is 12.6. The lowest BCUT2D eigenvalue weighted by atomic mass is 10.2. The minimum Gasteiger partial charge on any atom is -0.494 e. The zero-order valence-electron chi connectivity index (χ0n) is 13.9. The first-order valence-corrected chi connectivity index (χ1v) is 8.39. The number of aromatic amines is 1. The van der Waals surface area contributed by atoms with E-state index >= 15 is 0 Å². The molecule has 1 aliphatic rings. The minimum absolute atomic E-state index is 0. The van der Waals surface area contributed by atoms with E-state index in [0.29, 0.717) is 29.1 Å². The first-order chi connectivity index (χ1) is 11.1. The molecule has 2 N–H and O–H groups in total. The van der Waals surface area contributed by atoms with Gasteiger partial charge >= 0.3 is 0 Å². The van der Waals surface area contributed by atoms with Gasteiger partial charge in [0.05, 0.1) is 7.11 Å². The highest BCUT2D eigenvalue weighted by atomic mass is 35.5. The predicted octanol–water partition coefficient (Wildman–Crippen LogP) is 3.47. The quantitative estimate of drug-likeness (QED) is 0.845. The normalized spacial score (nSPS) is 17.7. The van der Waals surface area contributed by atoms with Crippen molar-refractivity contribution in [2.45, 2.75) is 25.8 Å². The van der Waals surface area contributed by atoms with Gasteiger partial charge in [-0.2, -0.15) is 0 Å². The summed E-state index contributed by atoms with van der Waals surface area (Å²) in [7, 11) is 1.57. The number of likely N-dealkylation sites (tertiary alicyclic amines) is 1. The van der Waals surface area contributed by atoms with E-state index in [0.717, 1.165) is 30.4 Å². The summed E-state index contributed by atoms with van der Waals surface area (Å²) in [6, 6.07) is 5.87. The molecule has 2 heterocycles. The van der Waals surface area contributed by atoms with E-state index < -0.39 is 0 Å². The first kappa shape index (κ1) is 18.9. The van der Waals surface area contributed by atoms with Gasteiger partial charge in [0.1, 0.15) is 5.69 Å². The van der Waals surface area contributed by atoms with Gasteiger partial charge in [0, 0.05) is 28.5 Å². The number of amides is 1. The largest absolute Gasteiger partial charge is 0.494 e. The molecule has 0 radical (unpaired) electrons. The van der Waals surface area contributed by atoms with E-state index in [9.17, 15) is 4.79 Å². The van der Waals surface area contributed by atoms with E-state index in [4.69, 9.17) is 16.3 Å². The molecule has 1 saturated heterocycles. The van der Waals surface area contributed by atoms with Crippen LogP contribution in [0.15, 0.2) is 18.2 Å². The predicted molar refractivity (Wildman–Crippen MR) is 99.7 cm³/mol. The average molecular weight is 372 g/mol. The summed E-state index contributed by atoms with van der Waals surface area (Å²) in [5.74, 6) is 0.399. The molecule has 5 nitrogen and oxygen atoms in total. The van der Waals surface area contributed by atoms with Gasteiger partial charge in [-0.15, -0.1) is 12.4 Å². The third kappa shape index (κ3) is 3.63. The fraction of sp³-hybridized carbons (Fsp3) is 0.471. The van der Waals surface area contributed by atoms with E-state index in [2.05, 4.69) is 22.1 Å². The molecule has 0 saturated carbocycles. The third-order valence-electron chi connectivity index (χ3n) is 4.55. The molecule has 24 heavy (non-hydrogen) atoms. The van der Waals surface area contributed by atoms with E-state index in [1.807, 2.05) is 6.07 Å². The summed E-state index contributed by atoms with van der Waals surface area (Å²) in [5, 5.41) is 4.47. The van der Waals surface area contributed by atoms with Crippen LogP contribution in [0.2, 0.25) is 5.02 Å². The molecule has 1 amide bonds. The topological polar surface area (TPSA) is 57.4 Å². The fourth-order valence-electron chi connectivity index (χ4n) is 3.35. The van der Waals surface area contributed by atoms with Gasteiger partial charge in [0.15, 0.2) is 5.75 Å². The van der Waals surface area contributed by atoms with Crippen LogP contribution in [0.5, 0.6) is 5.75 Å². The number of fused-ring (bicyclic) bond motifs is 1. The summed E-state index contributed by atoms with van der Waals surface area (Å²) >= 11 is 6.04. The van der Waals surface area contributed by atoms with Crippen LogP contribution in [0.4, 0.5) is 0 Å². The molecule has 2 aromatic rings. The van der Waals surface area contributed by atoms with Gasteiger partial charge < -0.3 is 15.0 Å². The highest BCUT2D eigenvalue weighted by molar-refractivity contribution is 6.31. The second kappa shape index (κ2) is 8.10. The lowest BCUT2D eigenvalue weighted by Gasteiger charge is -2.22. The number of carbonyl (C=O) groups excluding carboxylic acids is 1. The van der Waals surface area contributed by atoms with Crippen LogP contribution in [0.1, 0.15) is 30.3 Å². The number of H-pyrrole nitrogens is 1. The summed E-state index contributed by atoms with van der Waals surface area (Å²) in [6.07, 6.45) is 2.33. The van der Waals surface area contributed by atoms with Crippen LogP contribution in [0.25, 0.3) is 10.9 Å². The summed E-state index contributed by atoms with van der Waals surface area (Å²) in [6.45, 7) is 4.95. The molecule has 3 rings (SSSR count). The number of nitrogens with zero attached hydrogens (tertiary/aromatic N) is 1. The Morgan fingerprint density at radius 1 is 1.50 bits per heavy atom. The van der Waals surface area contributed by atoms with Crippen molar-refractivity contribution < 1.29 is 9.53 Å². The number of halogens is 2. The van der Waals surface area contributed by atoms with Gasteiger partial charge in [0.2, 0.25) is 0 Å². The monoisotopic (exact) mass is 371 g/mol. The van der Waals surface area contributed by atoms with Crippen LogP contribution in [-0.4, -0.2) is 48.6 Å². The maximum atomic E-state index is 12.6. The number of hydrogen-bond donors (Lipinski definition) is 2. The van der Waals surface area contributed by atoms with Crippen molar-refractivity contribution >= 4 is 40.8 Å². The van der Waals surface area contributed by atoms with Gasteiger partial charge in [-0.05, 0) is 44.1 Å². The van der Waals surface area contributed by atoms with Gasteiger partial charge in [-0.25, -0.2) is 0 Å². The molecule has 0 aliphatic carbocycles. The number of rotatable bonds is 5. The average Bonchev–Trinajstić information content (AvgIpc) is 3.15. The molecule has 1 aromatic carbocycles. The van der Waals surface area contributed by atoms with Crippen LogP contribution in [0.3, 0.4) is 0 Å². The third-order valence-corrected chi connectivity index (χ3v) is 4.78. The second-order valence-electron chi connectivity index (χ2n) is 5.86. The Balaban J connectivity index is 0.00000208. The lowest BCUT2D eigenvalue weighted by Crippen LogP contribution is -2.40. The summed E-state index contributed by atoms with van der Waals surface area (Å²) < 4.78 is 5.43. The minimum atomic E-state index is -0.142.